The van der Waals surface area contributed by atoms with Crippen LogP contribution in [0.15, 0.2) is 60.8 Å². The summed E-state index contributed by atoms with van der Waals surface area (Å²) in [6.45, 7) is 1.18. The zero-order valence-corrected chi connectivity index (χ0v) is 20.8. The number of carbonyl (C=O) groups excluding carboxylic acids is 2. The summed E-state index contributed by atoms with van der Waals surface area (Å²) in [5, 5.41) is 10.6. The highest BCUT2D eigenvalue weighted by Crippen LogP contribution is 2.50. The summed E-state index contributed by atoms with van der Waals surface area (Å²) in [7, 11) is 2.75. The monoisotopic (exact) mass is 540 g/mol. The van der Waals surface area contributed by atoms with E-state index >= 15 is 0 Å². The van der Waals surface area contributed by atoms with Crippen molar-refractivity contribution in [1.29, 1.82) is 0 Å². The Morgan fingerprint density at radius 1 is 1.03 bits per heavy atom. The fourth-order valence-electron chi connectivity index (χ4n) is 3.78. The van der Waals surface area contributed by atoms with Crippen LogP contribution in [0.5, 0.6) is 0 Å². The minimum atomic E-state index is -5.08. The number of amides is 1. The summed E-state index contributed by atoms with van der Waals surface area (Å²) < 4.78 is 47.1. The van der Waals surface area contributed by atoms with Crippen LogP contribution in [0.2, 0.25) is 10.2 Å². The van der Waals surface area contributed by atoms with Crippen LogP contribution in [-0.4, -0.2) is 42.3 Å². The molecule has 0 saturated heterocycles. The van der Waals surface area contributed by atoms with Crippen molar-refractivity contribution in [3.8, 4) is 0 Å². The number of aromatic nitrogens is 1. The molecule has 2 atom stereocenters. The van der Waals surface area contributed by atoms with Gasteiger partial charge in [0.15, 0.2) is 5.60 Å². The molecular formula is C25H21Cl2F3N2O4. The van der Waals surface area contributed by atoms with Crippen molar-refractivity contribution >= 4 is 40.8 Å². The number of halogens is 5. The number of nitrogens with zero attached hydrogens (tertiary/aromatic N) is 2. The van der Waals surface area contributed by atoms with E-state index < -0.39 is 35.1 Å². The number of carbonyl (C=O) groups is 2. The quantitative estimate of drug-likeness (QED) is 0.306. The molecule has 3 aromatic rings. The van der Waals surface area contributed by atoms with Crippen molar-refractivity contribution in [2.75, 3.05) is 19.1 Å². The molecule has 11 heteroatoms. The van der Waals surface area contributed by atoms with Crippen LogP contribution in [0.25, 0.3) is 0 Å². The Morgan fingerprint density at radius 2 is 1.64 bits per heavy atom. The number of alkyl halides is 3. The predicted molar refractivity (Wildman–Crippen MR) is 130 cm³/mol. The molecule has 1 amide bonds. The normalized spacial score (nSPS) is 14.0. The van der Waals surface area contributed by atoms with Crippen molar-refractivity contribution in [2.45, 2.75) is 24.6 Å². The first kappa shape index (κ1) is 27.4. The lowest BCUT2D eigenvalue weighted by Gasteiger charge is -2.37. The number of rotatable bonds is 6. The molecule has 6 nitrogen and oxygen atoms in total. The Bertz CT molecular complexity index is 1290. The predicted octanol–water partition coefficient (Wildman–Crippen LogP) is 6.01. The molecule has 1 aromatic heterocycles. The average Bonchev–Trinajstić information content (AvgIpc) is 2.85. The van der Waals surface area contributed by atoms with Crippen LogP contribution < -0.4 is 4.90 Å². The number of benzene rings is 2. The standard InChI is InChI=1S/C25H21Cl2F3N2O4/c1-14(24(35,25(28,29)30)17-10-11-31-21(27)13-17)19-9-6-16(12-20(19)26)22(33)32(2)18-7-4-15(5-8-18)23(34)36-3/h4-14,35H,1-3H3/t14-,24-/m1/s1. The smallest absolute Gasteiger partial charge is 0.422 e. The third kappa shape index (κ3) is 5.18. The molecule has 190 valence electrons. The topological polar surface area (TPSA) is 79.7 Å². The van der Waals surface area contributed by atoms with Gasteiger partial charge in [0.25, 0.3) is 5.91 Å². The van der Waals surface area contributed by atoms with Gasteiger partial charge in [-0.2, -0.15) is 13.2 Å². The first-order chi connectivity index (χ1) is 16.8. The van der Waals surface area contributed by atoms with Crippen LogP contribution in [-0.2, 0) is 10.3 Å². The van der Waals surface area contributed by atoms with E-state index in [0.717, 1.165) is 18.3 Å². The van der Waals surface area contributed by atoms with Crippen molar-refractivity contribution in [2.24, 2.45) is 0 Å². The molecule has 1 N–H and O–H groups in total. The lowest BCUT2D eigenvalue weighted by atomic mass is 9.78. The van der Waals surface area contributed by atoms with Gasteiger partial charge in [-0.05, 0) is 59.7 Å². The minimum absolute atomic E-state index is 0.0222. The van der Waals surface area contributed by atoms with Crippen molar-refractivity contribution < 1.29 is 32.6 Å². The molecule has 0 spiro atoms. The van der Waals surface area contributed by atoms with Crippen LogP contribution >= 0.6 is 23.2 Å². The summed E-state index contributed by atoms with van der Waals surface area (Å²) in [6.07, 6.45) is -4.01. The summed E-state index contributed by atoms with van der Waals surface area (Å²) in [6, 6.07) is 11.9. The van der Waals surface area contributed by atoms with Gasteiger partial charge in [0.2, 0.25) is 0 Å². The second-order valence-electron chi connectivity index (χ2n) is 7.99. The van der Waals surface area contributed by atoms with Gasteiger partial charge in [-0.3, -0.25) is 4.79 Å². The van der Waals surface area contributed by atoms with Gasteiger partial charge in [0.05, 0.1) is 12.7 Å². The van der Waals surface area contributed by atoms with Crippen LogP contribution in [0.3, 0.4) is 0 Å². The molecule has 36 heavy (non-hydrogen) atoms. The number of anilines is 1. The molecule has 0 aliphatic carbocycles. The summed E-state index contributed by atoms with van der Waals surface area (Å²) in [5.74, 6) is -2.58. The number of hydrogen-bond donors (Lipinski definition) is 1. The summed E-state index contributed by atoms with van der Waals surface area (Å²) >= 11 is 12.1. The summed E-state index contributed by atoms with van der Waals surface area (Å²) in [4.78, 5) is 29.6. The second-order valence-corrected chi connectivity index (χ2v) is 8.79. The molecule has 0 aliphatic rings. The lowest BCUT2D eigenvalue weighted by molar-refractivity contribution is -0.274. The van der Waals surface area contributed by atoms with E-state index in [9.17, 15) is 27.9 Å². The molecule has 0 radical (unpaired) electrons. The van der Waals surface area contributed by atoms with E-state index in [1.54, 1.807) is 12.1 Å². The number of hydrogen-bond acceptors (Lipinski definition) is 5. The fourth-order valence-corrected chi connectivity index (χ4v) is 4.30. The van der Waals surface area contributed by atoms with Crippen LogP contribution in [0.4, 0.5) is 18.9 Å². The van der Waals surface area contributed by atoms with Crippen LogP contribution in [0.1, 0.15) is 44.7 Å². The molecule has 0 fully saturated rings. The maximum atomic E-state index is 14.1. The van der Waals surface area contributed by atoms with E-state index in [2.05, 4.69) is 9.72 Å². The van der Waals surface area contributed by atoms with Gasteiger partial charge in [-0.1, -0.05) is 36.2 Å². The number of aliphatic hydroxyl groups is 1. The van der Waals surface area contributed by atoms with E-state index in [1.165, 1.54) is 56.3 Å². The Kier molecular flexibility index (Phi) is 7.97. The zero-order valence-electron chi connectivity index (χ0n) is 19.3. The Morgan fingerprint density at radius 3 is 2.17 bits per heavy atom. The van der Waals surface area contributed by atoms with E-state index in [0.29, 0.717) is 11.3 Å². The SMILES string of the molecule is COC(=O)c1ccc(N(C)C(=O)c2ccc([C@@H](C)[C@@](O)(c3ccnc(Cl)c3)C(F)(F)F)c(Cl)c2)cc1. The highest BCUT2D eigenvalue weighted by molar-refractivity contribution is 6.32. The fraction of sp³-hybridized carbons (Fsp3) is 0.240. The highest BCUT2D eigenvalue weighted by atomic mass is 35.5. The van der Waals surface area contributed by atoms with Crippen LogP contribution in [0, 0.1) is 0 Å². The number of methoxy groups -OCH3 is 1. The number of pyridine rings is 1. The first-order valence-corrected chi connectivity index (χ1v) is 11.2. The molecule has 0 unspecified atom stereocenters. The Labute approximate surface area is 215 Å². The largest absolute Gasteiger partial charge is 0.465 e. The third-order valence-corrected chi connectivity index (χ3v) is 6.45. The maximum absolute atomic E-state index is 14.1. The van der Waals surface area contributed by atoms with Crippen molar-refractivity contribution in [1.82, 2.24) is 4.98 Å². The second kappa shape index (κ2) is 10.5. The van der Waals surface area contributed by atoms with Gasteiger partial charge in [0.1, 0.15) is 5.15 Å². The van der Waals surface area contributed by atoms with Crippen molar-refractivity contribution in [3.05, 3.63) is 93.2 Å². The van der Waals surface area contributed by atoms with Crippen molar-refractivity contribution in [3.63, 3.8) is 0 Å². The zero-order chi connectivity index (χ0) is 26.8. The van der Waals surface area contributed by atoms with E-state index in [4.69, 9.17) is 23.2 Å². The molecule has 0 aliphatic heterocycles. The third-order valence-electron chi connectivity index (χ3n) is 5.92. The summed E-state index contributed by atoms with van der Waals surface area (Å²) in [5.41, 5.74) is -2.97. The average molecular weight is 541 g/mol. The van der Waals surface area contributed by atoms with Gasteiger partial charge in [-0.15, -0.1) is 0 Å². The molecule has 0 saturated carbocycles. The lowest BCUT2D eigenvalue weighted by Crippen LogP contribution is -2.46. The minimum Gasteiger partial charge on any atom is -0.465 e. The molecular weight excluding hydrogens is 520 g/mol. The highest BCUT2D eigenvalue weighted by Gasteiger charge is 2.59. The van der Waals surface area contributed by atoms with E-state index in [1.807, 2.05) is 0 Å². The van der Waals surface area contributed by atoms with Gasteiger partial charge < -0.3 is 14.7 Å². The van der Waals surface area contributed by atoms with Gasteiger partial charge in [0, 0.05) is 35.4 Å². The Hall–Kier alpha value is -3.14. The molecule has 1 heterocycles. The Balaban J connectivity index is 1.93. The van der Waals surface area contributed by atoms with Gasteiger partial charge >= 0.3 is 12.1 Å². The van der Waals surface area contributed by atoms with Gasteiger partial charge in [-0.25, -0.2) is 9.78 Å². The maximum Gasteiger partial charge on any atom is 0.422 e. The van der Waals surface area contributed by atoms with E-state index in [-0.39, 0.29) is 21.3 Å². The first-order valence-electron chi connectivity index (χ1n) is 10.5. The molecule has 2 aromatic carbocycles. The molecule has 3 rings (SSSR count). The number of esters is 1. The molecule has 0 bridgehead atoms. The number of ether oxygens (including phenoxy) is 1.